The summed E-state index contributed by atoms with van der Waals surface area (Å²) in [4.78, 5) is 23.2. The second-order valence-electron chi connectivity index (χ2n) is 5.26. The molecule has 1 aromatic carbocycles. The number of para-hydroxylation sites is 2. The first-order chi connectivity index (χ1) is 11.2. The maximum atomic E-state index is 11.8. The van der Waals surface area contributed by atoms with E-state index in [0.717, 1.165) is 25.7 Å². The van der Waals surface area contributed by atoms with Crippen LogP contribution in [0.2, 0.25) is 0 Å². The molecule has 0 aliphatic rings. The molecule has 1 rings (SSSR count). The van der Waals surface area contributed by atoms with Crippen LogP contribution in [0.5, 0.6) is 11.5 Å². The zero-order valence-electron chi connectivity index (χ0n) is 14.0. The summed E-state index contributed by atoms with van der Waals surface area (Å²) < 4.78 is 15.5. The van der Waals surface area contributed by atoms with Gasteiger partial charge in [0.05, 0.1) is 13.7 Å². The summed E-state index contributed by atoms with van der Waals surface area (Å²) in [6.07, 6.45) is 4.86. The lowest BCUT2D eigenvalue weighted by molar-refractivity contribution is -0.143. The van der Waals surface area contributed by atoms with Crippen LogP contribution in [-0.2, 0) is 14.3 Å². The molecule has 1 aromatic rings. The summed E-state index contributed by atoms with van der Waals surface area (Å²) in [5.74, 6) is 0.519. The zero-order valence-corrected chi connectivity index (χ0v) is 14.0. The number of hydrogen-bond donors (Lipinski definition) is 0. The number of methoxy groups -OCH3 is 1. The Balaban J connectivity index is 2.13. The fourth-order valence-electron chi connectivity index (χ4n) is 1.99. The Morgan fingerprint density at radius 1 is 0.913 bits per heavy atom. The largest absolute Gasteiger partial charge is 0.493 e. The highest BCUT2D eigenvalue weighted by Gasteiger charge is 2.09. The number of carbonyl (C=O) groups is 2. The fourth-order valence-corrected chi connectivity index (χ4v) is 1.99. The molecule has 0 saturated carbocycles. The Kier molecular flexibility index (Phi) is 9.52. The molecular weight excluding hydrogens is 296 g/mol. The molecular formula is C18H26O5. The maximum Gasteiger partial charge on any atom is 0.311 e. The van der Waals surface area contributed by atoms with Gasteiger partial charge in [0.15, 0.2) is 11.5 Å². The summed E-state index contributed by atoms with van der Waals surface area (Å²) >= 11 is 0. The number of hydrogen-bond acceptors (Lipinski definition) is 5. The van der Waals surface area contributed by atoms with Gasteiger partial charge in [0, 0.05) is 12.8 Å². The number of rotatable bonds is 11. The summed E-state index contributed by atoms with van der Waals surface area (Å²) in [6, 6.07) is 7.04. The Bertz CT molecular complexity index is 484. The lowest BCUT2D eigenvalue weighted by Crippen LogP contribution is -2.09. The molecule has 0 bridgehead atoms. The van der Waals surface area contributed by atoms with Gasteiger partial charge in [0.2, 0.25) is 0 Å². The average molecular weight is 322 g/mol. The Labute approximate surface area is 137 Å². The number of esters is 2. The Morgan fingerprint density at radius 3 is 2.22 bits per heavy atom. The lowest BCUT2D eigenvalue weighted by Gasteiger charge is -2.08. The first-order valence-corrected chi connectivity index (χ1v) is 8.16. The van der Waals surface area contributed by atoms with E-state index in [-0.39, 0.29) is 11.9 Å². The van der Waals surface area contributed by atoms with Crippen LogP contribution in [0.1, 0.15) is 51.9 Å². The van der Waals surface area contributed by atoms with Gasteiger partial charge in [0.25, 0.3) is 0 Å². The van der Waals surface area contributed by atoms with E-state index in [1.54, 1.807) is 18.2 Å². The summed E-state index contributed by atoms with van der Waals surface area (Å²) in [6.45, 7) is 2.55. The standard InChI is InChI=1S/C18H26O5/c1-3-4-14-22-17(19)12-6-5-7-13-18(20)23-16-11-9-8-10-15(16)21-2/h8-11H,3-7,12-14H2,1-2H3. The van der Waals surface area contributed by atoms with Crippen molar-refractivity contribution in [3.05, 3.63) is 24.3 Å². The molecule has 0 spiro atoms. The predicted molar refractivity (Wildman–Crippen MR) is 87.6 cm³/mol. The molecule has 0 unspecified atom stereocenters. The van der Waals surface area contributed by atoms with E-state index in [0.29, 0.717) is 37.4 Å². The molecule has 0 aliphatic carbocycles. The fraction of sp³-hybridized carbons (Fsp3) is 0.556. The molecule has 5 nitrogen and oxygen atoms in total. The number of carbonyl (C=O) groups excluding carboxylic acids is 2. The first kappa shape index (κ1) is 19.0. The van der Waals surface area contributed by atoms with Gasteiger partial charge in [0.1, 0.15) is 0 Å². The summed E-state index contributed by atoms with van der Waals surface area (Å²) in [5.41, 5.74) is 0. The van der Waals surface area contributed by atoms with Crippen LogP contribution in [0.15, 0.2) is 24.3 Å². The van der Waals surface area contributed by atoms with E-state index in [1.807, 2.05) is 6.07 Å². The molecule has 0 N–H and O–H groups in total. The van der Waals surface area contributed by atoms with Crippen molar-refractivity contribution in [1.29, 1.82) is 0 Å². The molecule has 0 amide bonds. The zero-order chi connectivity index (χ0) is 16.9. The van der Waals surface area contributed by atoms with Crippen molar-refractivity contribution in [2.24, 2.45) is 0 Å². The molecule has 0 aliphatic heterocycles. The molecule has 0 radical (unpaired) electrons. The van der Waals surface area contributed by atoms with Crippen molar-refractivity contribution in [2.45, 2.75) is 51.9 Å². The first-order valence-electron chi connectivity index (χ1n) is 8.16. The molecule has 5 heteroatoms. The van der Waals surface area contributed by atoms with Crippen molar-refractivity contribution in [3.63, 3.8) is 0 Å². The van der Waals surface area contributed by atoms with Crippen LogP contribution in [0, 0.1) is 0 Å². The van der Waals surface area contributed by atoms with Gasteiger partial charge in [-0.3, -0.25) is 9.59 Å². The Hall–Kier alpha value is -2.04. The quantitative estimate of drug-likeness (QED) is 0.351. The van der Waals surface area contributed by atoms with Crippen molar-refractivity contribution < 1.29 is 23.8 Å². The highest BCUT2D eigenvalue weighted by atomic mass is 16.6. The van der Waals surface area contributed by atoms with Gasteiger partial charge < -0.3 is 14.2 Å². The van der Waals surface area contributed by atoms with Crippen molar-refractivity contribution in [3.8, 4) is 11.5 Å². The minimum atomic E-state index is -0.292. The van der Waals surface area contributed by atoms with Gasteiger partial charge in [-0.1, -0.05) is 31.9 Å². The third kappa shape index (κ3) is 8.24. The second kappa shape index (κ2) is 11.5. The van der Waals surface area contributed by atoms with Crippen LogP contribution >= 0.6 is 0 Å². The molecule has 0 saturated heterocycles. The number of benzene rings is 1. The van der Waals surface area contributed by atoms with E-state index >= 15 is 0 Å². The molecule has 0 atom stereocenters. The van der Waals surface area contributed by atoms with Crippen LogP contribution in [0.25, 0.3) is 0 Å². The third-order valence-electron chi connectivity index (χ3n) is 3.32. The van der Waals surface area contributed by atoms with Gasteiger partial charge in [-0.05, 0) is 31.4 Å². The highest BCUT2D eigenvalue weighted by Crippen LogP contribution is 2.26. The summed E-state index contributed by atoms with van der Waals surface area (Å²) in [7, 11) is 1.53. The smallest absolute Gasteiger partial charge is 0.311 e. The van der Waals surface area contributed by atoms with Crippen LogP contribution in [0.4, 0.5) is 0 Å². The van der Waals surface area contributed by atoms with E-state index in [2.05, 4.69) is 6.92 Å². The van der Waals surface area contributed by atoms with Gasteiger partial charge in [-0.2, -0.15) is 0 Å². The molecule has 128 valence electrons. The summed E-state index contributed by atoms with van der Waals surface area (Å²) in [5, 5.41) is 0. The maximum absolute atomic E-state index is 11.8. The van der Waals surface area contributed by atoms with E-state index < -0.39 is 0 Å². The average Bonchev–Trinajstić information content (AvgIpc) is 2.55. The number of unbranched alkanes of at least 4 members (excludes halogenated alkanes) is 3. The SMILES string of the molecule is CCCCOC(=O)CCCCCC(=O)Oc1ccccc1OC. The van der Waals surface area contributed by atoms with Crippen molar-refractivity contribution in [2.75, 3.05) is 13.7 Å². The number of ether oxygens (including phenoxy) is 3. The lowest BCUT2D eigenvalue weighted by atomic mass is 10.1. The van der Waals surface area contributed by atoms with Crippen LogP contribution < -0.4 is 9.47 Å². The predicted octanol–water partition coefficient (Wildman–Crippen LogP) is 3.89. The monoisotopic (exact) mass is 322 g/mol. The molecule has 23 heavy (non-hydrogen) atoms. The third-order valence-corrected chi connectivity index (χ3v) is 3.32. The minimum absolute atomic E-state index is 0.157. The minimum Gasteiger partial charge on any atom is -0.493 e. The topological polar surface area (TPSA) is 61.8 Å². The van der Waals surface area contributed by atoms with E-state index in [1.165, 1.54) is 7.11 Å². The van der Waals surface area contributed by atoms with Gasteiger partial charge >= 0.3 is 11.9 Å². The second-order valence-corrected chi connectivity index (χ2v) is 5.26. The van der Waals surface area contributed by atoms with Crippen molar-refractivity contribution >= 4 is 11.9 Å². The van der Waals surface area contributed by atoms with Gasteiger partial charge in [-0.15, -0.1) is 0 Å². The highest BCUT2D eigenvalue weighted by molar-refractivity contribution is 5.73. The molecule has 0 aromatic heterocycles. The normalized spacial score (nSPS) is 10.2. The van der Waals surface area contributed by atoms with Crippen molar-refractivity contribution in [1.82, 2.24) is 0 Å². The van der Waals surface area contributed by atoms with E-state index in [4.69, 9.17) is 14.2 Å². The van der Waals surface area contributed by atoms with Gasteiger partial charge in [-0.25, -0.2) is 0 Å². The van der Waals surface area contributed by atoms with Crippen LogP contribution in [-0.4, -0.2) is 25.7 Å². The molecule has 0 heterocycles. The Morgan fingerprint density at radius 2 is 1.57 bits per heavy atom. The van der Waals surface area contributed by atoms with Crippen LogP contribution in [0.3, 0.4) is 0 Å². The van der Waals surface area contributed by atoms with E-state index in [9.17, 15) is 9.59 Å². The molecule has 0 fully saturated rings.